The van der Waals surface area contributed by atoms with E-state index in [-0.39, 0.29) is 17.8 Å². The van der Waals surface area contributed by atoms with Crippen LogP contribution in [0, 0.1) is 10.1 Å². The summed E-state index contributed by atoms with van der Waals surface area (Å²) in [5.41, 5.74) is 4.06. The van der Waals surface area contributed by atoms with Gasteiger partial charge in [0.2, 0.25) is 0 Å². The lowest BCUT2D eigenvalue weighted by Crippen LogP contribution is -2.30. The molecule has 0 aliphatic carbocycles. The molecule has 1 aliphatic rings. The fourth-order valence-corrected chi connectivity index (χ4v) is 6.43. The van der Waals surface area contributed by atoms with E-state index in [4.69, 9.17) is 12.2 Å². The van der Waals surface area contributed by atoms with E-state index in [2.05, 4.69) is 78.3 Å². The fraction of sp³-hybridized carbons (Fsp3) is 0.0667. The van der Waals surface area contributed by atoms with Gasteiger partial charge in [-0.05, 0) is 91.1 Å². The number of thiocarbonyl (C=S) groups is 1. The monoisotopic (exact) mass is 627 g/mol. The first-order chi connectivity index (χ1) is 19.5. The summed E-state index contributed by atoms with van der Waals surface area (Å²) in [6.45, 7) is 0. The molecule has 0 spiro atoms. The number of nitro benzene ring substituents is 1. The number of non-ortho nitro benzene ring substituents is 1. The number of halogens is 1. The van der Waals surface area contributed by atoms with Crippen molar-refractivity contribution < 1.29 is 4.92 Å². The lowest BCUT2D eigenvalue weighted by atomic mass is 10.0. The Labute approximate surface area is 249 Å². The molecule has 6 rings (SSSR count). The normalized spacial score (nSPS) is 16.6. The Hall–Kier alpha value is -3.99. The highest BCUT2D eigenvalue weighted by molar-refractivity contribution is 9.10. The average molecular weight is 629 g/mol. The summed E-state index contributed by atoms with van der Waals surface area (Å²) in [6.07, 6.45) is 3.87. The second-order valence-electron chi connectivity index (χ2n) is 9.13. The second kappa shape index (κ2) is 11.2. The van der Waals surface area contributed by atoms with Crippen LogP contribution in [-0.2, 0) is 0 Å². The number of anilines is 1. The van der Waals surface area contributed by atoms with Crippen LogP contribution in [-0.4, -0.2) is 19.6 Å². The Balaban J connectivity index is 1.36. The van der Waals surface area contributed by atoms with Crippen LogP contribution < -0.4 is 10.2 Å². The summed E-state index contributed by atoms with van der Waals surface area (Å²) in [7, 11) is 0. The molecule has 198 valence electrons. The van der Waals surface area contributed by atoms with Crippen LogP contribution in [0.15, 0.2) is 130 Å². The molecule has 0 amide bonds. The number of aromatic nitrogens is 2. The number of nitro groups is 1. The number of hydrogen-bond donors (Lipinski definition) is 1. The zero-order valence-corrected chi connectivity index (χ0v) is 24.1. The Morgan fingerprint density at radius 3 is 2.33 bits per heavy atom. The van der Waals surface area contributed by atoms with Crippen LogP contribution >= 0.6 is 39.9 Å². The molecule has 40 heavy (non-hydrogen) atoms. The molecule has 2 aromatic heterocycles. The van der Waals surface area contributed by atoms with Crippen molar-refractivity contribution in [2.24, 2.45) is 0 Å². The van der Waals surface area contributed by atoms with E-state index in [1.54, 1.807) is 30.1 Å². The van der Waals surface area contributed by atoms with E-state index in [9.17, 15) is 10.1 Å². The maximum atomic E-state index is 11.0. The molecule has 10 heteroatoms. The number of rotatable bonds is 7. The van der Waals surface area contributed by atoms with Crippen molar-refractivity contribution >= 4 is 56.4 Å². The second-order valence-corrected chi connectivity index (χ2v) is 11.6. The van der Waals surface area contributed by atoms with Crippen LogP contribution in [0.4, 0.5) is 11.4 Å². The first-order valence-electron chi connectivity index (χ1n) is 12.4. The highest BCUT2D eigenvalue weighted by atomic mass is 79.9. The predicted octanol–water partition coefficient (Wildman–Crippen LogP) is 7.87. The van der Waals surface area contributed by atoms with E-state index in [0.717, 1.165) is 37.0 Å². The summed E-state index contributed by atoms with van der Waals surface area (Å²) in [6, 6.07) is 32.8. The van der Waals surface area contributed by atoms with Crippen molar-refractivity contribution in [3.8, 4) is 5.69 Å². The lowest BCUT2D eigenvalue weighted by Gasteiger charge is -2.29. The van der Waals surface area contributed by atoms with Crippen LogP contribution in [0.2, 0.25) is 0 Å². The van der Waals surface area contributed by atoms with Gasteiger partial charge in [-0.3, -0.25) is 15.1 Å². The fourth-order valence-electron chi connectivity index (χ4n) is 4.88. The maximum Gasteiger partial charge on any atom is 0.269 e. The third-order valence-electron chi connectivity index (χ3n) is 6.67. The average Bonchev–Trinajstić information content (AvgIpc) is 3.59. The largest absolute Gasteiger partial charge is 0.351 e. The van der Waals surface area contributed by atoms with Gasteiger partial charge in [0.05, 0.1) is 16.7 Å². The predicted molar refractivity (Wildman–Crippen MR) is 165 cm³/mol. The molecule has 1 N–H and O–H groups in total. The molecular weight excluding hydrogens is 606 g/mol. The Bertz CT molecular complexity index is 1680. The summed E-state index contributed by atoms with van der Waals surface area (Å²) >= 11 is 11.1. The molecule has 3 heterocycles. The van der Waals surface area contributed by atoms with Crippen molar-refractivity contribution in [2.75, 3.05) is 4.90 Å². The summed E-state index contributed by atoms with van der Waals surface area (Å²) in [5, 5.41) is 15.1. The zero-order valence-electron chi connectivity index (χ0n) is 20.9. The first-order valence-corrected chi connectivity index (χ1v) is 14.5. The highest BCUT2D eigenvalue weighted by Crippen LogP contribution is 2.43. The van der Waals surface area contributed by atoms with Gasteiger partial charge in [0.15, 0.2) is 5.11 Å². The van der Waals surface area contributed by atoms with Gasteiger partial charge in [0.1, 0.15) is 6.04 Å². The Morgan fingerprint density at radius 1 is 0.900 bits per heavy atom. The van der Waals surface area contributed by atoms with E-state index in [1.807, 2.05) is 42.5 Å². The zero-order chi connectivity index (χ0) is 27.6. The summed E-state index contributed by atoms with van der Waals surface area (Å²) in [5.74, 6) is 0. The van der Waals surface area contributed by atoms with Crippen LogP contribution in [0.25, 0.3) is 5.69 Å². The molecule has 1 aliphatic heterocycles. The minimum absolute atomic E-state index is 0.0795. The topological polar surface area (TPSA) is 76.2 Å². The molecule has 5 aromatic rings. The summed E-state index contributed by atoms with van der Waals surface area (Å²) < 4.78 is 3.19. The van der Waals surface area contributed by atoms with Crippen LogP contribution in [0.3, 0.4) is 0 Å². The Kier molecular flexibility index (Phi) is 7.38. The molecule has 1 saturated heterocycles. The van der Waals surface area contributed by atoms with E-state index in [1.165, 1.54) is 12.1 Å². The van der Waals surface area contributed by atoms with Gasteiger partial charge in [-0.2, -0.15) is 0 Å². The molecule has 0 radical (unpaired) electrons. The molecule has 0 saturated carbocycles. The van der Waals surface area contributed by atoms with Crippen molar-refractivity contribution in [1.82, 2.24) is 14.9 Å². The molecule has 0 unspecified atom stereocenters. The van der Waals surface area contributed by atoms with Gasteiger partial charge in [-0.15, -0.1) is 0 Å². The minimum Gasteiger partial charge on any atom is -0.351 e. The molecule has 7 nitrogen and oxygen atoms in total. The number of nitrogens with zero attached hydrogens (tertiary/aromatic N) is 4. The molecule has 0 bridgehead atoms. The SMILES string of the molecule is O=[N+]([O-])c1ccc(Sc2ccc(N3C(=S)N[C@@H](c4ccccn4)[C@@H]3c3cccn3-c3cccc(Br)c3)cc2)cc1. The third-order valence-corrected chi connectivity index (χ3v) is 8.49. The number of pyridine rings is 1. The molecular formula is C30H22BrN5O2S2. The molecule has 3 aromatic carbocycles. The number of benzene rings is 3. The third kappa shape index (κ3) is 5.25. The van der Waals surface area contributed by atoms with Gasteiger partial charge in [0, 0.05) is 55.9 Å². The van der Waals surface area contributed by atoms with Crippen molar-refractivity contribution in [3.63, 3.8) is 0 Å². The summed E-state index contributed by atoms with van der Waals surface area (Å²) in [4.78, 5) is 19.3. The van der Waals surface area contributed by atoms with E-state index >= 15 is 0 Å². The Morgan fingerprint density at radius 2 is 1.65 bits per heavy atom. The molecule has 2 atom stereocenters. The number of hydrogen-bond acceptors (Lipinski definition) is 5. The quantitative estimate of drug-likeness (QED) is 0.112. The highest BCUT2D eigenvalue weighted by Gasteiger charge is 2.42. The standard InChI is InChI=1S/C30H22BrN5O2S2/c31-20-5-3-6-23(19-20)34-18-4-8-27(34)29-28(26-7-1-2-17-32-26)33-30(39)35(29)21-9-13-24(14-10-21)40-25-15-11-22(12-16-25)36(37)38/h1-19,28-29H,(H,33,39)/t28-,29-/m0/s1. The maximum absolute atomic E-state index is 11.0. The lowest BCUT2D eigenvalue weighted by molar-refractivity contribution is -0.384. The number of nitrogens with one attached hydrogen (secondary N) is 1. The van der Waals surface area contributed by atoms with Gasteiger partial charge in [-0.25, -0.2) is 0 Å². The van der Waals surface area contributed by atoms with Gasteiger partial charge in [-0.1, -0.05) is 39.8 Å². The van der Waals surface area contributed by atoms with Crippen molar-refractivity contribution in [3.05, 3.63) is 141 Å². The van der Waals surface area contributed by atoms with Gasteiger partial charge in [0.25, 0.3) is 5.69 Å². The van der Waals surface area contributed by atoms with Crippen molar-refractivity contribution in [2.45, 2.75) is 21.9 Å². The van der Waals surface area contributed by atoms with Crippen LogP contribution in [0.1, 0.15) is 23.5 Å². The van der Waals surface area contributed by atoms with E-state index < -0.39 is 4.92 Å². The van der Waals surface area contributed by atoms with Crippen molar-refractivity contribution in [1.29, 1.82) is 0 Å². The van der Waals surface area contributed by atoms with E-state index in [0.29, 0.717) is 5.11 Å². The first kappa shape index (κ1) is 26.2. The molecule has 1 fully saturated rings. The minimum atomic E-state index is -0.391. The van der Waals surface area contributed by atoms with Crippen LogP contribution in [0.5, 0.6) is 0 Å². The van der Waals surface area contributed by atoms with Gasteiger partial charge < -0.3 is 14.8 Å². The smallest absolute Gasteiger partial charge is 0.269 e. The van der Waals surface area contributed by atoms with Gasteiger partial charge >= 0.3 is 0 Å².